The zero-order chi connectivity index (χ0) is 17.8. The smallest absolute Gasteiger partial charge is 0.261 e. The molecule has 25 heavy (non-hydrogen) atoms. The van der Waals surface area contributed by atoms with Gasteiger partial charge in [0, 0.05) is 5.02 Å². The Morgan fingerprint density at radius 2 is 2.00 bits per heavy atom. The van der Waals surface area contributed by atoms with Gasteiger partial charge in [-0.05, 0) is 42.3 Å². The molecule has 0 aliphatic rings. The van der Waals surface area contributed by atoms with Crippen LogP contribution >= 0.6 is 11.6 Å². The molecule has 0 radical (unpaired) electrons. The highest BCUT2D eigenvalue weighted by Crippen LogP contribution is 2.15. The average molecular weight is 359 g/mol. The third kappa shape index (κ3) is 4.18. The minimum Gasteiger partial charge on any atom is -0.491 e. The van der Waals surface area contributed by atoms with Gasteiger partial charge in [0.25, 0.3) is 5.56 Å². The van der Waals surface area contributed by atoms with Crippen LogP contribution < -0.4 is 10.3 Å². The van der Waals surface area contributed by atoms with Gasteiger partial charge in [-0.15, -0.1) is 0 Å². The van der Waals surface area contributed by atoms with Crippen molar-refractivity contribution in [2.75, 3.05) is 6.61 Å². The van der Waals surface area contributed by atoms with Crippen molar-refractivity contribution in [1.82, 2.24) is 9.55 Å². The SMILES string of the molecule is CCc1ccc(OCC(O)Cn2cnc3cc(Cl)ccc3c2=O)cc1. The van der Waals surface area contributed by atoms with Crippen LogP contribution in [0.1, 0.15) is 12.5 Å². The van der Waals surface area contributed by atoms with E-state index in [1.165, 1.54) is 16.5 Å². The summed E-state index contributed by atoms with van der Waals surface area (Å²) in [6, 6.07) is 12.7. The lowest BCUT2D eigenvalue weighted by Gasteiger charge is -2.14. The van der Waals surface area contributed by atoms with Gasteiger partial charge in [-0.2, -0.15) is 0 Å². The maximum absolute atomic E-state index is 12.4. The summed E-state index contributed by atoms with van der Waals surface area (Å²) >= 11 is 5.91. The predicted octanol–water partition coefficient (Wildman–Crippen LogP) is 3.05. The average Bonchev–Trinajstić information content (AvgIpc) is 2.62. The Hall–Kier alpha value is -2.37. The van der Waals surface area contributed by atoms with E-state index in [0.29, 0.717) is 21.7 Å². The molecule has 3 aromatic rings. The second-order valence-corrected chi connectivity index (χ2v) is 6.26. The third-order valence-electron chi connectivity index (χ3n) is 3.97. The van der Waals surface area contributed by atoms with Crippen LogP contribution in [0.25, 0.3) is 10.9 Å². The number of halogens is 1. The summed E-state index contributed by atoms with van der Waals surface area (Å²) in [6.45, 7) is 2.29. The highest BCUT2D eigenvalue weighted by Gasteiger charge is 2.10. The number of hydrogen-bond acceptors (Lipinski definition) is 4. The van der Waals surface area contributed by atoms with Crippen molar-refractivity contribution < 1.29 is 9.84 Å². The highest BCUT2D eigenvalue weighted by molar-refractivity contribution is 6.31. The van der Waals surface area contributed by atoms with E-state index in [1.54, 1.807) is 18.2 Å². The number of aryl methyl sites for hydroxylation is 1. The first-order valence-electron chi connectivity index (χ1n) is 8.11. The fourth-order valence-electron chi connectivity index (χ4n) is 2.56. The Morgan fingerprint density at radius 1 is 1.24 bits per heavy atom. The molecule has 0 saturated heterocycles. The maximum atomic E-state index is 12.4. The molecule has 1 aromatic heterocycles. The van der Waals surface area contributed by atoms with E-state index in [0.717, 1.165) is 6.42 Å². The normalized spacial score (nSPS) is 12.3. The lowest BCUT2D eigenvalue weighted by Crippen LogP contribution is -2.30. The topological polar surface area (TPSA) is 64.3 Å². The van der Waals surface area contributed by atoms with E-state index in [-0.39, 0.29) is 18.7 Å². The fraction of sp³-hybridized carbons (Fsp3) is 0.263. The molecule has 0 aliphatic heterocycles. The highest BCUT2D eigenvalue weighted by atomic mass is 35.5. The van der Waals surface area contributed by atoms with Crippen molar-refractivity contribution in [3.8, 4) is 5.75 Å². The standard InChI is InChI=1S/C19H19ClN2O3/c1-2-13-3-6-16(7-4-13)25-11-15(23)10-22-12-21-18-9-14(20)5-8-17(18)19(22)24/h3-9,12,15,23H,2,10-11H2,1H3. The molecule has 1 N–H and O–H groups in total. The summed E-state index contributed by atoms with van der Waals surface area (Å²) in [4.78, 5) is 16.7. The molecular weight excluding hydrogens is 340 g/mol. The molecule has 1 heterocycles. The molecule has 2 aromatic carbocycles. The summed E-state index contributed by atoms with van der Waals surface area (Å²) in [5, 5.41) is 11.2. The van der Waals surface area contributed by atoms with Gasteiger partial charge in [-0.1, -0.05) is 30.7 Å². The van der Waals surface area contributed by atoms with Crippen molar-refractivity contribution in [2.45, 2.75) is 26.0 Å². The van der Waals surface area contributed by atoms with E-state index in [1.807, 2.05) is 24.3 Å². The first-order chi connectivity index (χ1) is 12.1. The number of aromatic nitrogens is 2. The van der Waals surface area contributed by atoms with Crippen LogP contribution in [0.15, 0.2) is 53.6 Å². The van der Waals surface area contributed by atoms with E-state index >= 15 is 0 Å². The van der Waals surface area contributed by atoms with Crippen molar-refractivity contribution in [1.29, 1.82) is 0 Å². The van der Waals surface area contributed by atoms with Crippen molar-refractivity contribution in [3.05, 3.63) is 69.7 Å². The molecule has 0 amide bonds. The lowest BCUT2D eigenvalue weighted by atomic mass is 10.2. The Balaban J connectivity index is 1.67. The lowest BCUT2D eigenvalue weighted by molar-refractivity contribution is 0.0915. The number of rotatable bonds is 6. The summed E-state index contributed by atoms with van der Waals surface area (Å²) in [6.07, 6.45) is 1.56. The van der Waals surface area contributed by atoms with Crippen molar-refractivity contribution in [3.63, 3.8) is 0 Å². The van der Waals surface area contributed by atoms with E-state index in [9.17, 15) is 9.90 Å². The monoisotopic (exact) mass is 358 g/mol. The fourth-order valence-corrected chi connectivity index (χ4v) is 2.72. The Kier molecular flexibility index (Phi) is 5.36. The summed E-state index contributed by atoms with van der Waals surface area (Å²) in [5.74, 6) is 0.690. The van der Waals surface area contributed by atoms with E-state index in [4.69, 9.17) is 16.3 Å². The second kappa shape index (κ2) is 7.68. The van der Waals surface area contributed by atoms with Crippen molar-refractivity contribution in [2.24, 2.45) is 0 Å². The van der Waals surface area contributed by atoms with Crippen LogP contribution in [0.5, 0.6) is 5.75 Å². The van der Waals surface area contributed by atoms with Crippen LogP contribution in [0.4, 0.5) is 0 Å². The quantitative estimate of drug-likeness (QED) is 0.735. The minimum absolute atomic E-state index is 0.0938. The second-order valence-electron chi connectivity index (χ2n) is 5.83. The van der Waals surface area contributed by atoms with Gasteiger partial charge in [0.1, 0.15) is 18.5 Å². The number of aliphatic hydroxyl groups excluding tert-OH is 1. The zero-order valence-corrected chi connectivity index (χ0v) is 14.6. The first kappa shape index (κ1) is 17.5. The maximum Gasteiger partial charge on any atom is 0.261 e. The number of fused-ring (bicyclic) bond motifs is 1. The third-order valence-corrected chi connectivity index (χ3v) is 4.20. The van der Waals surface area contributed by atoms with Gasteiger partial charge < -0.3 is 9.84 Å². The molecule has 6 heteroatoms. The van der Waals surface area contributed by atoms with E-state index < -0.39 is 6.10 Å². The van der Waals surface area contributed by atoms with Crippen molar-refractivity contribution >= 4 is 22.5 Å². The first-order valence-corrected chi connectivity index (χ1v) is 8.49. The minimum atomic E-state index is -0.824. The molecule has 3 rings (SSSR count). The number of hydrogen-bond donors (Lipinski definition) is 1. The molecule has 0 bridgehead atoms. The molecule has 0 aliphatic carbocycles. The number of nitrogens with zero attached hydrogens (tertiary/aromatic N) is 2. The Morgan fingerprint density at radius 3 is 2.72 bits per heavy atom. The van der Waals surface area contributed by atoms with Crippen LogP contribution in [0.3, 0.4) is 0 Å². The molecule has 0 saturated carbocycles. The van der Waals surface area contributed by atoms with Crippen LogP contribution in [0, 0.1) is 0 Å². The van der Waals surface area contributed by atoms with Crippen LogP contribution in [0.2, 0.25) is 5.02 Å². The largest absolute Gasteiger partial charge is 0.491 e. The molecular formula is C19H19ClN2O3. The predicted molar refractivity (Wildman–Crippen MR) is 98.3 cm³/mol. The Labute approximate surface area is 150 Å². The molecule has 0 spiro atoms. The van der Waals surface area contributed by atoms with E-state index in [2.05, 4.69) is 11.9 Å². The van der Waals surface area contributed by atoms with Gasteiger partial charge in [0.05, 0.1) is 23.8 Å². The van der Waals surface area contributed by atoms with Crippen LogP contribution in [-0.2, 0) is 13.0 Å². The van der Waals surface area contributed by atoms with Gasteiger partial charge >= 0.3 is 0 Å². The molecule has 130 valence electrons. The van der Waals surface area contributed by atoms with Gasteiger partial charge in [-0.3, -0.25) is 9.36 Å². The van der Waals surface area contributed by atoms with Gasteiger partial charge in [-0.25, -0.2) is 4.98 Å². The van der Waals surface area contributed by atoms with Gasteiger partial charge in [0.2, 0.25) is 0 Å². The summed E-state index contributed by atoms with van der Waals surface area (Å²) in [5.41, 5.74) is 1.55. The van der Waals surface area contributed by atoms with Crippen LogP contribution in [-0.4, -0.2) is 27.4 Å². The molecule has 1 unspecified atom stereocenters. The number of aliphatic hydroxyl groups is 1. The Bertz CT molecular complexity index is 922. The summed E-state index contributed by atoms with van der Waals surface area (Å²) < 4.78 is 6.96. The molecule has 5 nitrogen and oxygen atoms in total. The summed E-state index contributed by atoms with van der Waals surface area (Å²) in [7, 11) is 0. The van der Waals surface area contributed by atoms with Gasteiger partial charge in [0.15, 0.2) is 0 Å². The molecule has 0 fully saturated rings. The molecule has 1 atom stereocenters. The number of ether oxygens (including phenoxy) is 1. The zero-order valence-electron chi connectivity index (χ0n) is 13.9. The number of benzene rings is 2.